The first kappa shape index (κ1) is 43.9. The van der Waals surface area contributed by atoms with Gasteiger partial charge in [-0.05, 0) is 109 Å². The minimum atomic E-state index is -0.662. The summed E-state index contributed by atoms with van der Waals surface area (Å²) in [6.45, 7) is 9.59. The number of carbonyl (C=O) groups is 4. The van der Waals surface area contributed by atoms with E-state index >= 15 is 0 Å². The molecule has 6 aliphatic rings. The van der Waals surface area contributed by atoms with Crippen molar-refractivity contribution in [3.05, 3.63) is 59.4 Å². The molecule has 2 aromatic heterocycles. The Morgan fingerprint density at radius 1 is 0.818 bits per heavy atom. The summed E-state index contributed by atoms with van der Waals surface area (Å²) in [6.07, 6.45) is 11.2. The summed E-state index contributed by atoms with van der Waals surface area (Å²) in [4.78, 5) is 71.5. The van der Waals surface area contributed by atoms with Crippen molar-refractivity contribution < 1.29 is 42.9 Å². The van der Waals surface area contributed by atoms with Gasteiger partial charge in [-0.1, -0.05) is 6.92 Å². The molecule has 0 saturated carbocycles. The molecule has 8 atom stereocenters. The van der Waals surface area contributed by atoms with Crippen molar-refractivity contribution in [2.45, 2.75) is 140 Å². The molecule has 0 spiro atoms. The van der Waals surface area contributed by atoms with Crippen LogP contribution in [0.3, 0.4) is 0 Å². The molecule has 4 N–H and O–H groups in total. The molecule has 6 aliphatic heterocycles. The van der Waals surface area contributed by atoms with E-state index in [4.69, 9.17) is 33.7 Å². The zero-order valence-corrected chi connectivity index (χ0v) is 38.4. The zero-order valence-electron chi connectivity index (χ0n) is 38.4. The Labute approximate surface area is 384 Å². The average Bonchev–Trinajstić information content (AvgIpc) is 4.15. The first-order chi connectivity index (χ1) is 31.9. The lowest BCUT2D eigenvalue weighted by Crippen LogP contribution is -2.57. The van der Waals surface area contributed by atoms with Crippen molar-refractivity contribution in [3.63, 3.8) is 0 Å². The van der Waals surface area contributed by atoms with Gasteiger partial charge in [0.2, 0.25) is 18.2 Å². The topological polar surface area (TPSA) is 202 Å². The van der Waals surface area contributed by atoms with Crippen molar-refractivity contribution in [1.29, 1.82) is 0 Å². The minimum absolute atomic E-state index is 0.0654. The summed E-state index contributed by atoms with van der Waals surface area (Å²) in [5, 5.41) is 5.15. The summed E-state index contributed by atoms with van der Waals surface area (Å²) in [7, 11) is 1.28. The van der Waals surface area contributed by atoms with E-state index in [0.717, 1.165) is 108 Å². The molecule has 0 radical (unpaired) electrons. The highest BCUT2D eigenvalue weighted by Gasteiger charge is 2.52. The van der Waals surface area contributed by atoms with Gasteiger partial charge in [0.05, 0.1) is 78.9 Å². The SMILES string of the molecule is COC(=O)NCC(=O)N1C(c2ncc(-c3cc4c5c(c3)OCc3cc(-c6cnc(C7CC[C@H](C8(C)CCCCO8)N7C(=O)CNC=O)[nH]6)cc(c3-5)OC4)[nH]2)CC[C@@H]1C1(C)CC(C)C[C@@H](C)O1. The number of ether oxygens (including phenoxy) is 5. The van der Waals surface area contributed by atoms with Crippen molar-refractivity contribution in [2.75, 3.05) is 26.8 Å². The number of aromatic nitrogens is 4. The minimum Gasteiger partial charge on any atom is -0.488 e. The summed E-state index contributed by atoms with van der Waals surface area (Å²) < 4.78 is 30.8. The predicted molar refractivity (Wildman–Crippen MR) is 241 cm³/mol. The lowest BCUT2D eigenvalue weighted by molar-refractivity contribution is -0.170. The van der Waals surface area contributed by atoms with Crippen LogP contribution in [0, 0.1) is 5.92 Å². The fourth-order valence-corrected chi connectivity index (χ4v) is 12.2. The molecule has 4 saturated heterocycles. The van der Waals surface area contributed by atoms with Gasteiger partial charge in [-0.25, -0.2) is 14.8 Å². The van der Waals surface area contributed by atoms with Crippen LogP contribution in [0.15, 0.2) is 36.7 Å². The number of carbonyl (C=O) groups excluding carboxylic acids is 4. The van der Waals surface area contributed by atoms with Crippen LogP contribution < -0.4 is 20.1 Å². The number of methoxy groups -OCH3 is 1. The Balaban J connectivity index is 0.902. The Morgan fingerprint density at radius 3 is 1.92 bits per heavy atom. The number of alkyl carbamates (subject to hydrolysis) is 1. The second-order valence-corrected chi connectivity index (χ2v) is 19.5. The van der Waals surface area contributed by atoms with Crippen LogP contribution in [0.5, 0.6) is 11.5 Å². The molecule has 4 aromatic rings. The summed E-state index contributed by atoms with van der Waals surface area (Å²) in [5.74, 6) is 2.93. The smallest absolute Gasteiger partial charge is 0.407 e. The van der Waals surface area contributed by atoms with Gasteiger partial charge in [-0.2, -0.15) is 0 Å². The molecule has 4 amide bonds. The number of imidazole rings is 2. The van der Waals surface area contributed by atoms with Gasteiger partial charge in [-0.15, -0.1) is 0 Å². The van der Waals surface area contributed by atoms with Crippen LogP contribution in [0.2, 0.25) is 0 Å². The molecule has 8 heterocycles. The van der Waals surface area contributed by atoms with E-state index in [1.807, 2.05) is 28.1 Å². The van der Waals surface area contributed by atoms with Crippen LogP contribution in [0.25, 0.3) is 33.6 Å². The van der Waals surface area contributed by atoms with Crippen molar-refractivity contribution in [1.82, 2.24) is 40.4 Å². The highest BCUT2D eigenvalue weighted by atomic mass is 16.5. The van der Waals surface area contributed by atoms with Gasteiger partial charge >= 0.3 is 6.09 Å². The number of nitrogens with zero attached hydrogens (tertiary/aromatic N) is 4. The number of rotatable bonds is 11. The summed E-state index contributed by atoms with van der Waals surface area (Å²) in [6, 6.07) is 7.31. The Hall–Kier alpha value is -5.94. The van der Waals surface area contributed by atoms with E-state index in [9.17, 15) is 19.2 Å². The summed E-state index contributed by atoms with van der Waals surface area (Å²) in [5.41, 5.74) is 6.34. The zero-order chi connectivity index (χ0) is 45.9. The molecule has 2 aromatic carbocycles. The second kappa shape index (κ2) is 17.4. The fraction of sp³-hybridized carbons (Fsp3) is 0.551. The normalized spacial score (nSPS) is 28.8. The van der Waals surface area contributed by atoms with Gasteiger partial charge in [0.1, 0.15) is 42.9 Å². The molecule has 350 valence electrons. The lowest BCUT2D eigenvalue weighted by Gasteiger charge is -2.47. The van der Waals surface area contributed by atoms with Crippen LogP contribution in [-0.2, 0) is 41.8 Å². The highest BCUT2D eigenvalue weighted by Crippen LogP contribution is 2.52. The van der Waals surface area contributed by atoms with Crippen LogP contribution >= 0.6 is 0 Å². The van der Waals surface area contributed by atoms with E-state index in [2.05, 4.69) is 60.4 Å². The largest absolute Gasteiger partial charge is 0.488 e. The van der Waals surface area contributed by atoms with E-state index in [1.165, 1.54) is 7.11 Å². The van der Waals surface area contributed by atoms with Gasteiger partial charge in [0, 0.05) is 40.0 Å². The van der Waals surface area contributed by atoms with Crippen LogP contribution in [0.4, 0.5) is 4.79 Å². The van der Waals surface area contributed by atoms with E-state index in [-0.39, 0.29) is 55.2 Å². The number of benzene rings is 2. The third-order valence-electron chi connectivity index (χ3n) is 14.9. The first-order valence-electron chi connectivity index (χ1n) is 23.5. The molecule has 0 bridgehead atoms. The van der Waals surface area contributed by atoms with Crippen LogP contribution in [-0.4, -0.2) is 110 Å². The number of aromatic amines is 2. The maximum absolute atomic E-state index is 14.0. The maximum Gasteiger partial charge on any atom is 0.407 e. The van der Waals surface area contributed by atoms with Crippen LogP contribution in [0.1, 0.15) is 120 Å². The third-order valence-corrected chi connectivity index (χ3v) is 14.9. The monoisotopic (exact) mass is 904 g/mol. The third kappa shape index (κ3) is 7.86. The summed E-state index contributed by atoms with van der Waals surface area (Å²) >= 11 is 0. The van der Waals surface area contributed by atoms with Gasteiger partial charge < -0.3 is 54.1 Å². The number of amides is 4. The van der Waals surface area contributed by atoms with E-state index in [1.54, 1.807) is 6.20 Å². The molecule has 17 heteroatoms. The van der Waals surface area contributed by atoms with Gasteiger partial charge in [0.15, 0.2) is 0 Å². The quantitative estimate of drug-likeness (QED) is 0.118. The number of likely N-dealkylation sites (tertiary alicyclic amines) is 2. The number of hydrogen-bond acceptors (Lipinski definition) is 11. The Morgan fingerprint density at radius 2 is 1.39 bits per heavy atom. The fourth-order valence-electron chi connectivity index (χ4n) is 12.2. The maximum atomic E-state index is 14.0. The molecule has 17 nitrogen and oxygen atoms in total. The first-order valence-corrected chi connectivity index (χ1v) is 23.5. The molecule has 0 aliphatic carbocycles. The molecule has 4 fully saturated rings. The van der Waals surface area contributed by atoms with Crippen molar-refractivity contribution in [2.24, 2.45) is 5.92 Å². The van der Waals surface area contributed by atoms with Crippen molar-refractivity contribution in [3.8, 4) is 45.1 Å². The van der Waals surface area contributed by atoms with Gasteiger partial charge in [-0.3, -0.25) is 14.4 Å². The molecular weight excluding hydrogens is 845 g/mol. The number of hydrogen-bond donors (Lipinski definition) is 4. The molecule has 10 rings (SSSR count). The molecule has 5 unspecified atom stereocenters. The lowest BCUT2D eigenvalue weighted by atomic mass is 9.80. The number of nitrogens with one attached hydrogen (secondary N) is 4. The molecule has 66 heavy (non-hydrogen) atoms. The predicted octanol–water partition coefficient (Wildman–Crippen LogP) is 6.64. The molecular formula is C49H60N8O9. The van der Waals surface area contributed by atoms with E-state index in [0.29, 0.717) is 50.2 Å². The van der Waals surface area contributed by atoms with E-state index < -0.39 is 17.3 Å². The standard InChI is InChI=1S/C49H60N8O9/c1-27-14-28(2)66-49(4,19-27)40-11-9-36(57(40)42(60)23-53-47(61)62-5)46-52-21-34(55-46)30-16-32-25-63-37-17-29(15-31-24-64-38(18-30)44(32)43(31)37)33-20-51-45(54-33)35-8-10-39(48(3)12-6-7-13-65-48)56(35)41(59)22-50-26-58/h15-18,20-21,26-28,35-36,39-40H,6-14,19,22-25H2,1-5H3,(H,50,58)(H,51,54)(H,52,55)(H,53,61)/t27?,28-,35?,36?,39-,40-,48?,49?/m1/s1. The van der Waals surface area contributed by atoms with Crippen molar-refractivity contribution >= 4 is 24.3 Å². The number of H-pyrrole nitrogens is 2. The Bertz CT molecular complexity index is 2470. The second-order valence-electron chi connectivity index (χ2n) is 19.5. The highest BCUT2D eigenvalue weighted by molar-refractivity contribution is 5.89. The Kier molecular flexibility index (Phi) is 11.6. The van der Waals surface area contributed by atoms with Gasteiger partial charge in [0.25, 0.3) is 0 Å². The average molecular weight is 905 g/mol.